The summed E-state index contributed by atoms with van der Waals surface area (Å²) in [4.78, 5) is 30.0. The van der Waals surface area contributed by atoms with Crippen LogP contribution in [0.2, 0.25) is 5.02 Å². The number of benzene rings is 2. The second-order valence-electron chi connectivity index (χ2n) is 7.72. The standard InChI is InChI=1S/C23H28ClN3O2/c1-26(2)18-11-8-14-27(16-18)22(28)15-21(17-9-4-3-5-10-17)25-23(29)19-12-6-7-13-20(19)24/h3-7,9-10,12-13,18,21H,8,11,14-16H2,1-2H3,(H,25,29). The monoisotopic (exact) mass is 413 g/mol. The Bertz CT molecular complexity index is 841. The van der Waals surface area contributed by atoms with Crippen molar-refractivity contribution >= 4 is 23.4 Å². The maximum Gasteiger partial charge on any atom is 0.253 e. The van der Waals surface area contributed by atoms with E-state index >= 15 is 0 Å². The van der Waals surface area contributed by atoms with Gasteiger partial charge >= 0.3 is 0 Å². The Balaban J connectivity index is 1.75. The SMILES string of the molecule is CN(C)C1CCCN(C(=O)CC(NC(=O)c2ccccc2Cl)c2ccccc2)C1. The molecule has 0 spiro atoms. The normalized spacial score (nSPS) is 17.8. The van der Waals surface area contributed by atoms with E-state index in [2.05, 4.69) is 24.3 Å². The van der Waals surface area contributed by atoms with E-state index < -0.39 is 6.04 Å². The van der Waals surface area contributed by atoms with Gasteiger partial charge in [-0.25, -0.2) is 0 Å². The highest BCUT2D eigenvalue weighted by Crippen LogP contribution is 2.23. The predicted molar refractivity (Wildman–Crippen MR) is 116 cm³/mol. The lowest BCUT2D eigenvalue weighted by Gasteiger charge is -2.36. The molecule has 0 aliphatic carbocycles. The predicted octanol–water partition coefficient (Wildman–Crippen LogP) is 3.75. The van der Waals surface area contributed by atoms with Crippen LogP contribution in [0.4, 0.5) is 0 Å². The molecule has 2 aromatic rings. The van der Waals surface area contributed by atoms with Crippen LogP contribution in [0.15, 0.2) is 54.6 Å². The number of nitrogens with zero attached hydrogens (tertiary/aromatic N) is 2. The van der Waals surface area contributed by atoms with Gasteiger partial charge < -0.3 is 15.1 Å². The summed E-state index contributed by atoms with van der Waals surface area (Å²) in [5.74, 6) is -0.216. The van der Waals surface area contributed by atoms with E-state index in [1.807, 2.05) is 35.2 Å². The van der Waals surface area contributed by atoms with Crippen molar-refractivity contribution in [1.29, 1.82) is 0 Å². The van der Waals surface area contributed by atoms with Crippen LogP contribution in [-0.2, 0) is 4.79 Å². The Hall–Kier alpha value is -2.37. The molecule has 2 unspecified atom stereocenters. The van der Waals surface area contributed by atoms with Crippen LogP contribution in [-0.4, -0.2) is 54.8 Å². The summed E-state index contributed by atoms with van der Waals surface area (Å²) in [5.41, 5.74) is 1.32. The highest BCUT2D eigenvalue weighted by atomic mass is 35.5. The zero-order valence-corrected chi connectivity index (χ0v) is 17.7. The Morgan fingerprint density at radius 2 is 1.83 bits per heavy atom. The molecule has 0 saturated carbocycles. The number of likely N-dealkylation sites (N-methyl/N-ethyl adjacent to an activating group) is 1. The fourth-order valence-corrected chi connectivity index (χ4v) is 3.95. The highest BCUT2D eigenvalue weighted by molar-refractivity contribution is 6.33. The van der Waals surface area contributed by atoms with Crippen molar-refractivity contribution < 1.29 is 9.59 Å². The minimum Gasteiger partial charge on any atom is -0.345 e. The number of likely N-dealkylation sites (tertiary alicyclic amines) is 1. The number of hydrogen-bond acceptors (Lipinski definition) is 3. The van der Waals surface area contributed by atoms with Crippen LogP contribution in [0.5, 0.6) is 0 Å². The third-order valence-electron chi connectivity index (χ3n) is 5.48. The molecule has 29 heavy (non-hydrogen) atoms. The first-order valence-corrected chi connectivity index (χ1v) is 10.4. The van der Waals surface area contributed by atoms with Crippen molar-refractivity contribution in [2.45, 2.75) is 31.3 Å². The van der Waals surface area contributed by atoms with Crippen LogP contribution in [0.3, 0.4) is 0 Å². The van der Waals surface area contributed by atoms with E-state index in [-0.39, 0.29) is 18.2 Å². The average molecular weight is 414 g/mol. The Morgan fingerprint density at radius 1 is 1.14 bits per heavy atom. The van der Waals surface area contributed by atoms with E-state index in [9.17, 15) is 9.59 Å². The molecule has 1 saturated heterocycles. The number of amides is 2. The van der Waals surface area contributed by atoms with Gasteiger partial charge in [-0.15, -0.1) is 0 Å². The highest BCUT2D eigenvalue weighted by Gasteiger charge is 2.28. The second-order valence-corrected chi connectivity index (χ2v) is 8.13. The summed E-state index contributed by atoms with van der Waals surface area (Å²) in [7, 11) is 4.10. The molecule has 2 amide bonds. The first kappa shape index (κ1) is 21.3. The van der Waals surface area contributed by atoms with Crippen LogP contribution in [0, 0.1) is 0 Å². The van der Waals surface area contributed by atoms with E-state index in [1.165, 1.54) is 0 Å². The smallest absolute Gasteiger partial charge is 0.253 e. The van der Waals surface area contributed by atoms with Gasteiger partial charge in [-0.1, -0.05) is 54.1 Å². The third kappa shape index (κ3) is 5.58. The number of nitrogens with one attached hydrogen (secondary N) is 1. The van der Waals surface area contributed by atoms with Gasteiger partial charge in [-0.2, -0.15) is 0 Å². The zero-order valence-electron chi connectivity index (χ0n) is 17.0. The van der Waals surface area contributed by atoms with Gasteiger partial charge in [0.25, 0.3) is 5.91 Å². The summed E-state index contributed by atoms with van der Waals surface area (Å²) in [6.07, 6.45) is 2.32. The molecule has 2 aromatic carbocycles. The number of carbonyl (C=O) groups is 2. The largest absolute Gasteiger partial charge is 0.345 e. The van der Waals surface area contributed by atoms with Gasteiger partial charge in [0.05, 0.1) is 23.0 Å². The summed E-state index contributed by atoms with van der Waals surface area (Å²) in [5, 5.41) is 3.41. The van der Waals surface area contributed by atoms with Crippen molar-refractivity contribution in [2.75, 3.05) is 27.2 Å². The molecule has 2 atom stereocenters. The van der Waals surface area contributed by atoms with E-state index in [0.29, 0.717) is 16.6 Å². The van der Waals surface area contributed by atoms with Crippen LogP contribution >= 0.6 is 11.6 Å². The summed E-state index contributed by atoms with van der Waals surface area (Å²) in [6, 6.07) is 16.5. The van der Waals surface area contributed by atoms with Crippen molar-refractivity contribution in [1.82, 2.24) is 15.1 Å². The van der Waals surface area contributed by atoms with Crippen molar-refractivity contribution in [3.05, 3.63) is 70.7 Å². The van der Waals surface area contributed by atoms with Crippen molar-refractivity contribution in [3.8, 4) is 0 Å². The van der Waals surface area contributed by atoms with Gasteiger partial charge in [0.1, 0.15) is 0 Å². The number of carbonyl (C=O) groups excluding carboxylic acids is 2. The number of piperidine rings is 1. The molecule has 1 fully saturated rings. The Kier molecular flexibility index (Phi) is 7.29. The van der Waals surface area contributed by atoms with Gasteiger partial charge in [0, 0.05) is 19.1 Å². The van der Waals surface area contributed by atoms with E-state index in [0.717, 1.165) is 31.5 Å². The summed E-state index contributed by atoms with van der Waals surface area (Å²) >= 11 is 6.18. The fraction of sp³-hybridized carbons (Fsp3) is 0.391. The van der Waals surface area contributed by atoms with Crippen LogP contribution < -0.4 is 5.32 Å². The fourth-order valence-electron chi connectivity index (χ4n) is 3.73. The topological polar surface area (TPSA) is 52.6 Å². The number of hydrogen-bond donors (Lipinski definition) is 1. The quantitative estimate of drug-likeness (QED) is 0.784. The molecule has 6 heteroatoms. The summed E-state index contributed by atoms with van der Waals surface area (Å²) in [6.45, 7) is 1.49. The first-order valence-electron chi connectivity index (χ1n) is 10.00. The van der Waals surface area contributed by atoms with E-state index in [1.54, 1.807) is 24.3 Å². The molecule has 1 aliphatic rings. The molecule has 0 radical (unpaired) electrons. The summed E-state index contributed by atoms with van der Waals surface area (Å²) < 4.78 is 0. The maximum absolute atomic E-state index is 13.1. The minimum atomic E-state index is -0.410. The Labute approximate surface area is 177 Å². The molecule has 3 rings (SSSR count). The zero-order chi connectivity index (χ0) is 20.8. The molecule has 1 aliphatic heterocycles. The molecular weight excluding hydrogens is 386 g/mol. The molecule has 0 aromatic heterocycles. The van der Waals surface area contributed by atoms with Crippen LogP contribution in [0.1, 0.15) is 41.2 Å². The molecular formula is C23H28ClN3O2. The maximum atomic E-state index is 13.1. The Morgan fingerprint density at radius 3 is 2.52 bits per heavy atom. The lowest BCUT2D eigenvalue weighted by atomic mass is 10.00. The molecule has 154 valence electrons. The molecule has 1 heterocycles. The van der Waals surface area contributed by atoms with Crippen LogP contribution in [0.25, 0.3) is 0 Å². The van der Waals surface area contributed by atoms with Gasteiger partial charge in [0.15, 0.2) is 0 Å². The molecule has 5 nitrogen and oxygen atoms in total. The lowest BCUT2D eigenvalue weighted by molar-refractivity contribution is -0.133. The molecule has 0 bridgehead atoms. The van der Waals surface area contributed by atoms with Gasteiger partial charge in [0.2, 0.25) is 5.91 Å². The number of rotatable bonds is 6. The van der Waals surface area contributed by atoms with Gasteiger partial charge in [-0.05, 0) is 44.6 Å². The first-order chi connectivity index (χ1) is 14.0. The number of halogens is 1. The van der Waals surface area contributed by atoms with Gasteiger partial charge in [-0.3, -0.25) is 9.59 Å². The van der Waals surface area contributed by atoms with Crippen molar-refractivity contribution in [2.24, 2.45) is 0 Å². The second kappa shape index (κ2) is 9.90. The molecule has 1 N–H and O–H groups in total. The van der Waals surface area contributed by atoms with Crippen molar-refractivity contribution in [3.63, 3.8) is 0 Å². The average Bonchev–Trinajstić information content (AvgIpc) is 2.74. The lowest BCUT2D eigenvalue weighted by Crippen LogP contribution is -2.48. The third-order valence-corrected chi connectivity index (χ3v) is 5.81. The van der Waals surface area contributed by atoms with E-state index in [4.69, 9.17) is 11.6 Å². The minimum absolute atomic E-state index is 0.0601.